The minimum absolute atomic E-state index is 0.0346. The number of phenolic OH excluding ortho intramolecular Hbond substituents is 1. The summed E-state index contributed by atoms with van der Waals surface area (Å²) in [6.45, 7) is 1.94. The first-order chi connectivity index (χ1) is 15.0. The fourth-order valence-electron chi connectivity index (χ4n) is 4.24. The van der Waals surface area contributed by atoms with Crippen molar-refractivity contribution in [2.75, 3.05) is 9.96 Å². The van der Waals surface area contributed by atoms with Crippen LogP contribution in [0.1, 0.15) is 17.2 Å². The zero-order chi connectivity index (χ0) is 21.7. The summed E-state index contributed by atoms with van der Waals surface area (Å²) in [6.07, 6.45) is -0.975. The van der Waals surface area contributed by atoms with Gasteiger partial charge in [-0.15, -0.1) is 0 Å². The van der Waals surface area contributed by atoms with E-state index in [4.69, 9.17) is 4.84 Å². The number of halogens is 1. The third-order valence-electron chi connectivity index (χ3n) is 5.73. The summed E-state index contributed by atoms with van der Waals surface area (Å²) >= 11 is 3.44. The van der Waals surface area contributed by atoms with Gasteiger partial charge in [0.1, 0.15) is 11.7 Å². The average Bonchev–Trinajstić information content (AvgIpc) is 3.28. The minimum atomic E-state index is -0.975. The van der Waals surface area contributed by atoms with Crippen molar-refractivity contribution < 1.29 is 19.5 Å². The van der Waals surface area contributed by atoms with E-state index in [9.17, 15) is 14.7 Å². The van der Waals surface area contributed by atoms with Gasteiger partial charge in [-0.2, -0.15) is 0 Å². The lowest BCUT2D eigenvalue weighted by Crippen LogP contribution is -2.37. The maximum atomic E-state index is 13.5. The molecule has 2 heterocycles. The third kappa shape index (κ3) is 3.21. The number of carbonyl (C=O) groups is 2. The highest BCUT2D eigenvalue weighted by atomic mass is 79.9. The minimum Gasteiger partial charge on any atom is -0.508 e. The number of aromatic hydroxyl groups is 1. The van der Waals surface area contributed by atoms with Gasteiger partial charge in [0.15, 0.2) is 6.10 Å². The summed E-state index contributed by atoms with van der Waals surface area (Å²) < 4.78 is 0.754. The summed E-state index contributed by atoms with van der Waals surface area (Å²) in [5.41, 5.74) is 2.76. The van der Waals surface area contributed by atoms with Crippen molar-refractivity contribution in [3.05, 3.63) is 88.4 Å². The van der Waals surface area contributed by atoms with Crippen LogP contribution in [0.2, 0.25) is 0 Å². The Hall–Kier alpha value is -3.16. The number of hydrogen-bond acceptors (Lipinski definition) is 5. The molecule has 0 bridgehead atoms. The molecule has 0 aromatic heterocycles. The van der Waals surface area contributed by atoms with Gasteiger partial charge in [0.2, 0.25) is 5.91 Å². The number of hydroxylamine groups is 1. The van der Waals surface area contributed by atoms with Crippen molar-refractivity contribution in [2.24, 2.45) is 5.92 Å². The number of amides is 2. The predicted octanol–water partition coefficient (Wildman–Crippen LogP) is 4.51. The van der Waals surface area contributed by atoms with Crippen molar-refractivity contribution in [1.29, 1.82) is 0 Å². The van der Waals surface area contributed by atoms with Crippen molar-refractivity contribution in [2.45, 2.75) is 19.1 Å². The first-order valence-corrected chi connectivity index (χ1v) is 10.7. The van der Waals surface area contributed by atoms with E-state index in [0.29, 0.717) is 16.9 Å². The molecule has 0 aliphatic carbocycles. The molecule has 7 heteroatoms. The summed E-state index contributed by atoms with van der Waals surface area (Å²) in [6, 6.07) is 20.9. The second kappa shape index (κ2) is 7.51. The molecule has 5 rings (SSSR count). The van der Waals surface area contributed by atoms with E-state index in [1.807, 2.05) is 49.4 Å². The van der Waals surface area contributed by atoms with E-state index in [-0.39, 0.29) is 11.7 Å². The lowest BCUT2D eigenvalue weighted by Gasteiger charge is -2.29. The van der Waals surface area contributed by atoms with Crippen molar-refractivity contribution in [1.82, 2.24) is 0 Å². The molecule has 2 aliphatic rings. The third-order valence-corrected chi connectivity index (χ3v) is 6.22. The fourth-order valence-corrected chi connectivity index (χ4v) is 4.62. The number of hydrogen-bond donors (Lipinski definition) is 1. The van der Waals surface area contributed by atoms with E-state index >= 15 is 0 Å². The molecular formula is C24H19BrN2O4. The molecule has 31 heavy (non-hydrogen) atoms. The number of nitrogens with zero attached hydrogens (tertiary/aromatic N) is 2. The molecule has 3 aromatic rings. The van der Waals surface area contributed by atoms with Gasteiger partial charge in [-0.1, -0.05) is 51.8 Å². The molecular weight excluding hydrogens is 460 g/mol. The molecule has 0 radical (unpaired) electrons. The molecule has 0 saturated carbocycles. The lowest BCUT2D eigenvalue weighted by molar-refractivity contribution is -0.126. The number of anilines is 2. The van der Waals surface area contributed by atoms with Gasteiger partial charge in [0, 0.05) is 10.0 Å². The molecule has 3 aromatic carbocycles. The van der Waals surface area contributed by atoms with Crippen molar-refractivity contribution >= 4 is 39.1 Å². The van der Waals surface area contributed by atoms with Gasteiger partial charge in [-0.3, -0.25) is 14.4 Å². The number of para-hydroxylation sites is 1. The highest BCUT2D eigenvalue weighted by Crippen LogP contribution is 2.49. The SMILES string of the molecule is Cc1ccc(N2C(=O)[C@H]3[C@@H](c4cc(Br)ccc4O)N(c4ccccc4)O[C@H]3C2=O)cc1. The van der Waals surface area contributed by atoms with Gasteiger partial charge >= 0.3 is 0 Å². The second-order valence-electron chi connectivity index (χ2n) is 7.71. The van der Waals surface area contributed by atoms with Crippen LogP contribution in [0.15, 0.2) is 77.3 Å². The number of phenols is 1. The number of fused-ring (bicyclic) bond motifs is 1. The van der Waals surface area contributed by atoms with Gasteiger partial charge in [-0.25, -0.2) is 9.96 Å². The first kappa shape index (κ1) is 19.8. The van der Waals surface area contributed by atoms with Crippen LogP contribution in [-0.2, 0) is 14.4 Å². The van der Waals surface area contributed by atoms with Crippen LogP contribution < -0.4 is 9.96 Å². The molecule has 2 fully saturated rings. The van der Waals surface area contributed by atoms with Crippen LogP contribution in [0, 0.1) is 12.8 Å². The molecule has 1 N–H and O–H groups in total. The van der Waals surface area contributed by atoms with E-state index in [1.165, 1.54) is 4.90 Å². The molecule has 3 atom stereocenters. The number of rotatable bonds is 3. The van der Waals surface area contributed by atoms with Crippen LogP contribution in [0.4, 0.5) is 11.4 Å². The Bertz CT molecular complexity index is 1170. The summed E-state index contributed by atoms with van der Waals surface area (Å²) in [5, 5.41) is 12.2. The fraction of sp³-hybridized carbons (Fsp3) is 0.167. The van der Waals surface area contributed by atoms with E-state index in [2.05, 4.69) is 15.9 Å². The monoisotopic (exact) mass is 478 g/mol. The van der Waals surface area contributed by atoms with Gasteiger partial charge < -0.3 is 5.11 Å². The van der Waals surface area contributed by atoms with Crippen LogP contribution in [-0.4, -0.2) is 23.0 Å². The molecule has 0 spiro atoms. The first-order valence-electron chi connectivity index (χ1n) is 9.89. The van der Waals surface area contributed by atoms with Gasteiger partial charge in [0.25, 0.3) is 5.91 Å². The smallest absolute Gasteiger partial charge is 0.266 e. The molecule has 2 aliphatic heterocycles. The zero-order valence-corrected chi connectivity index (χ0v) is 18.2. The largest absolute Gasteiger partial charge is 0.508 e. The summed E-state index contributed by atoms with van der Waals surface area (Å²) in [4.78, 5) is 34.1. The predicted molar refractivity (Wildman–Crippen MR) is 120 cm³/mol. The Morgan fingerprint density at radius 2 is 1.61 bits per heavy atom. The van der Waals surface area contributed by atoms with E-state index < -0.39 is 24.0 Å². The Balaban J connectivity index is 1.62. The van der Waals surface area contributed by atoms with Crippen molar-refractivity contribution in [3.63, 3.8) is 0 Å². The molecule has 2 saturated heterocycles. The Labute approximate surface area is 187 Å². The standard InChI is InChI=1S/C24H19BrN2O4/c1-14-7-10-16(11-8-14)26-23(29)20-21(18-13-15(25)9-12-19(18)28)27(31-22(20)24(26)30)17-5-3-2-4-6-17/h2-13,20-22,28H,1H3/t20-,21+,22+/m0/s1. The van der Waals surface area contributed by atoms with E-state index in [0.717, 1.165) is 10.0 Å². The number of benzene rings is 3. The van der Waals surface area contributed by atoms with Crippen LogP contribution in [0.3, 0.4) is 0 Å². The summed E-state index contributed by atoms with van der Waals surface area (Å²) in [7, 11) is 0. The topological polar surface area (TPSA) is 70.1 Å². The van der Waals surface area contributed by atoms with Crippen LogP contribution in [0.25, 0.3) is 0 Å². The summed E-state index contributed by atoms with van der Waals surface area (Å²) in [5.74, 6) is -1.51. The Morgan fingerprint density at radius 1 is 0.903 bits per heavy atom. The lowest BCUT2D eigenvalue weighted by atomic mass is 9.90. The molecule has 156 valence electrons. The van der Waals surface area contributed by atoms with Gasteiger partial charge in [-0.05, 0) is 49.4 Å². The average molecular weight is 479 g/mol. The van der Waals surface area contributed by atoms with Crippen LogP contribution >= 0.6 is 15.9 Å². The highest BCUT2D eigenvalue weighted by Gasteiger charge is 2.60. The quantitative estimate of drug-likeness (QED) is 0.560. The van der Waals surface area contributed by atoms with Crippen molar-refractivity contribution in [3.8, 4) is 5.75 Å². The maximum Gasteiger partial charge on any atom is 0.266 e. The molecule has 2 amide bonds. The van der Waals surface area contributed by atoms with Crippen LogP contribution in [0.5, 0.6) is 5.75 Å². The maximum absolute atomic E-state index is 13.5. The Morgan fingerprint density at radius 3 is 2.32 bits per heavy atom. The number of aryl methyl sites for hydroxylation is 1. The number of carbonyl (C=O) groups excluding carboxylic acids is 2. The zero-order valence-electron chi connectivity index (χ0n) is 16.6. The normalized spacial score (nSPS) is 22.8. The number of imide groups is 1. The molecule has 6 nitrogen and oxygen atoms in total. The second-order valence-corrected chi connectivity index (χ2v) is 8.62. The van der Waals surface area contributed by atoms with Gasteiger partial charge in [0.05, 0.1) is 17.4 Å². The highest BCUT2D eigenvalue weighted by molar-refractivity contribution is 9.10. The molecule has 0 unspecified atom stereocenters. The van der Waals surface area contributed by atoms with E-state index in [1.54, 1.807) is 35.4 Å². The Kier molecular flexibility index (Phi) is 4.79.